The molecule has 0 atom stereocenters. The van der Waals surface area contributed by atoms with Crippen molar-refractivity contribution in [3.05, 3.63) is 52.3 Å². The fourth-order valence-corrected chi connectivity index (χ4v) is 1.71. The van der Waals surface area contributed by atoms with Crippen molar-refractivity contribution in [2.45, 2.75) is 0 Å². The van der Waals surface area contributed by atoms with E-state index in [4.69, 9.17) is 23.2 Å². The first-order chi connectivity index (χ1) is 7.58. The molecule has 0 fully saturated rings. The molecule has 0 saturated carbocycles. The summed E-state index contributed by atoms with van der Waals surface area (Å²) in [5.74, 6) is -0.611. The van der Waals surface area contributed by atoms with Crippen LogP contribution in [0, 0.1) is 5.82 Å². The predicted octanol–water partition coefficient (Wildman–Crippen LogP) is 4.51. The van der Waals surface area contributed by atoms with Crippen molar-refractivity contribution in [3.63, 3.8) is 0 Å². The molecule has 0 amide bonds. The Morgan fingerprint density at radius 1 is 0.938 bits per heavy atom. The van der Waals surface area contributed by atoms with Gasteiger partial charge in [-0.05, 0) is 29.8 Å². The molecule has 2 aromatic carbocycles. The van der Waals surface area contributed by atoms with Gasteiger partial charge in [-0.15, -0.1) is 0 Å². The molecular weight excluding hydrogens is 250 g/mol. The van der Waals surface area contributed by atoms with E-state index < -0.39 is 5.82 Å². The molecular formula is C12H7Cl2FO. The quantitative estimate of drug-likeness (QED) is 0.797. The molecule has 82 valence electrons. The van der Waals surface area contributed by atoms with Crippen LogP contribution >= 0.6 is 23.2 Å². The van der Waals surface area contributed by atoms with Crippen LogP contribution in [0.25, 0.3) is 11.1 Å². The summed E-state index contributed by atoms with van der Waals surface area (Å²) in [6.07, 6.45) is 0. The van der Waals surface area contributed by atoms with Gasteiger partial charge in [0.15, 0.2) is 0 Å². The molecule has 1 N–H and O–H groups in total. The summed E-state index contributed by atoms with van der Waals surface area (Å²) in [5, 5.41) is 10.4. The Hall–Kier alpha value is -1.25. The third-order valence-electron chi connectivity index (χ3n) is 2.19. The topological polar surface area (TPSA) is 20.2 Å². The highest BCUT2D eigenvalue weighted by Gasteiger charge is 2.07. The van der Waals surface area contributed by atoms with E-state index in [2.05, 4.69) is 0 Å². The smallest absolute Gasteiger partial charge is 0.126 e. The molecule has 0 radical (unpaired) electrons. The fourth-order valence-electron chi connectivity index (χ4n) is 1.41. The zero-order chi connectivity index (χ0) is 11.7. The van der Waals surface area contributed by atoms with Crippen molar-refractivity contribution in [1.29, 1.82) is 0 Å². The summed E-state index contributed by atoms with van der Waals surface area (Å²) in [6.45, 7) is 0. The molecule has 0 aliphatic heterocycles. The van der Waals surface area contributed by atoms with E-state index in [0.717, 1.165) is 6.07 Å². The lowest BCUT2D eigenvalue weighted by Gasteiger charge is -2.06. The molecule has 0 saturated heterocycles. The second-order valence-corrected chi connectivity index (χ2v) is 4.10. The second-order valence-electron chi connectivity index (χ2n) is 3.29. The van der Waals surface area contributed by atoms with Gasteiger partial charge in [-0.3, -0.25) is 0 Å². The van der Waals surface area contributed by atoms with E-state index >= 15 is 0 Å². The largest absolute Gasteiger partial charge is 0.507 e. The van der Waals surface area contributed by atoms with E-state index in [1.165, 1.54) is 12.1 Å². The van der Waals surface area contributed by atoms with Gasteiger partial charge in [0, 0.05) is 11.6 Å². The summed E-state index contributed by atoms with van der Waals surface area (Å²) in [7, 11) is 0. The SMILES string of the molecule is Oc1cc(F)ccc1-c1ccc(Cl)c(Cl)c1. The van der Waals surface area contributed by atoms with E-state index in [-0.39, 0.29) is 5.75 Å². The van der Waals surface area contributed by atoms with E-state index in [1.54, 1.807) is 18.2 Å². The summed E-state index contributed by atoms with van der Waals surface area (Å²) in [4.78, 5) is 0. The Labute approximate surface area is 102 Å². The average Bonchev–Trinajstić information content (AvgIpc) is 2.22. The standard InChI is InChI=1S/C12H7Cl2FO/c13-10-4-1-7(5-11(10)14)9-3-2-8(15)6-12(9)16/h1-6,16H. The summed E-state index contributed by atoms with van der Waals surface area (Å²) in [5.41, 5.74) is 1.20. The van der Waals surface area contributed by atoms with Crippen molar-refractivity contribution in [1.82, 2.24) is 0 Å². The van der Waals surface area contributed by atoms with Crippen molar-refractivity contribution in [3.8, 4) is 16.9 Å². The first-order valence-electron chi connectivity index (χ1n) is 4.52. The minimum absolute atomic E-state index is 0.126. The van der Waals surface area contributed by atoms with Gasteiger partial charge >= 0.3 is 0 Å². The third-order valence-corrected chi connectivity index (χ3v) is 2.93. The summed E-state index contributed by atoms with van der Waals surface area (Å²) >= 11 is 11.6. The second kappa shape index (κ2) is 4.32. The zero-order valence-electron chi connectivity index (χ0n) is 8.05. The van der Waals surface area contributed by atoms with Crippen LogP contribution in [0.4, 0.5) is 4.39 Å². The molecule has 2 rings (SSSR count). The Morgan fingerprint density at radius 3 is 2.31 bits per heavy atom. The molecule has 16 heavy (non-hydrogen) atoms. The Balaban J connectivity index is 2.54. The van der Waals surface area contributed by atoms with Gasteiger partial charge in [0.25, 0.3) is 0 Å². The van der Waals surface area contributed by atoms with Crippen LogP contribution < -0.4 is 0 Å². The monoisotopic (exact) mass is 256 g/mol. The van der Waals surface area contributed by atoms with Crippen LogP contribution in [-0.4, -0.2) is 5.11 Å². The highest BCUT2D eigenvalue weighted by molar-refractivity contribution is 6.42. The number of phenolic OH excluding ortho intramolecular Hbond substituents is 1. The molecule has 0 spiro atoms. The molecule has 0 unspecified atom stereocenters. The minimum atomic E-state index is -0.485. The highest BCUT2D eigenvalue weighted by atomic mass is 35.5. The molecule has 0 bridgehead atoms. The molecule has 2 aromatic rings. The maximum absolute atomic E-state index is 12.8. The Morgan fingerprint density at radius 2 is 1.69 bits per heavy atom. The van der Waals surface area contributed by atoms with Gasteiger partial charge in [0.1, 0.15) is 11.6 Å². The fraction of sp³-hybridized carbons (Fsp3) is 0. The predicted molar refractivity (Wildman–Crippen MR) is 63.5 cm³/mol. The Kier molecular flexibility index (Phi) is 3.03. The normalized spacial score (nSPS) is 10.4. The molecule has 0 aromatic heterocycles. The maximum Gasteiger partial charge on any atom is 0.126 e. The Bertz CT molecular complexity index is 541. The number of phenols is 1. The third kappa shape index (κ3) is 2.13. The first kappa shape index (κ1) is 11.2. The molecule has 0 aliphatic rings. The number of hydrogen-bond donors (Lipinski definition) is 1. The highest BCUT2D eigenvalue weighted by Crippen LogP contribution is 2.33. The molecule has 0 aliphatic carbocycles. The lowest BCUT2D eigenvalue weighted by atomic mass is 10.0. The molecule has 0 heterocycles. The van der Waals surface area contributed by atoms with E-state index in [0.29, 0.717) is 21.2 Å². The minimum Gasteiger partial charge on any atom is -0.507 e. The van der Waals surface area contributed by atoms with Gasteiger partial charge in [-0.25, -0.2) is 4.39 Å². The summed E-state index contributed by atoms with van der Waals surface area (Å²) in [6, 6.07) is 8.78. The van der Waals surface area contributed by atoms with Gasteiger partial charge in [-0.2, -0.15) is 0 Å². The van der Waals surface area contributed by atoms with Gasteiger partial charge in [-0.1, -0.05) is 29.3 Å². The van der Waals surface area contributed by atoms with Crippen LogP contribution in [-0.2, 0) is 0 Å². The van der Waals surface area contributed by atoms with E-state index in [9.17, 15) is 9.50 Å². The number of benzene rings is 2. The number of rotatable bonds is 1. The lowest BCUT2D eigenvalue weighted by molar-refractivity contribution is 0.471. The zero-order valence-corrected chi connectivity index (χ0v) is 9.56. The number of halogens is 3. The first-order valence-corrected chi connectivity index (χ1v) is 5.27. The average molecular weight is 257 g/mol. The van der Waals surface area contributed by atoms with Crippen LogP contribution in [0.2, 0.25) is 10.0 Å². The van der Waals surface area contributed by atoms with Crippen LogP contribution in [0.1, 0.15) is 0 Å². The summed E-state index contributed by atoms with van der Waals surface area (Å²) < 4.78 is 12.8. The number of hydrogen-bond acceptors (Lipinski definition) is 1. The van der Waals surface area contributed by atoms with Gasteiger partial charge in [0.05, 0.1) is 10.0 Å². The van der Waals surface area contributed by atoms with Gasteiger partial charge in [0.2, 0.25) is 0 Å². The number of aromatic hydroxyl groups is 1. The van der Waals surface area contributed by atoms with Crippen molar-refractivity contribution in [2.24, 2.45) is 0 Å². The lowest BCUT2D eigenvalue weighted by Crippen LogP contribution is -1.81. The molecule has 1 nitrogen and oxygen atoms in total. The van der Waals surface area contributed by atoms with Crippen LogP contribution in [0.5, 0.6) is 5.75 Å². The van der Waals surface area contributed by atoms with Crippen LogP contribution in [0.3, 0.4) is 0 Å². The molecule has 4 heteroatoms. The van der Waals surface area contributed by atoms with Crippen molar-refractivity contribution < 1.29 is 9.50 Å². The van der Waals surface area contributed by atoms with Crippen LogP contribution in [0.15, 0.2) is 36.4 Å². The van der Waals surface area contributed by atoms with E-state index in [1.807, 2.05) is 0 Å². The maximum atomic E-state index is 12.8. The van der Waals surface area contributed by atoms with Crippen molar-refractivity contribution in [2.75, 3.05) is 0 Å². The van der Waals surface area contributed by atoms with Crippen molar-refractivity contribution >= 4 is 23.2 Å². The van der Waals surface area contributed by atoms with Gasteiger partial charge < -0.3 is 5.11 Å².